The molecule has 1 nitrogen and oxygen atoms in total. The third-order valence-electron chi connectivity index (χ3n) is 0.306. The van der Waals surface area contributed by atoms with Crippen molar-refractivity contribution in [3.05, 3.63) is 0 Å². The molecule has 0 aliphatic rings. The normalized spacial score (nSPS) is 14.9. The lowest BCUT2D eigenvalue weighted by Crippen LogP contribution is -1.98. The van der Waals surface area contributed by atoms with E-state index < -0.39 is 15.0 Å². The van der Waals surface area contributed by atoms with Gasteiger partial charge in [-0.3, -0.25) is 4.21 Å². The van der Waals surface area contributed by atoms with E-state index in [1.54, 1.807) is 0 Å². The highest BCUT2D eigenvalue weighted by atomic mass is 35.5. The summed E-state index contributed by atoms with van der Waals surface area (Å²) in [4.78, 5) is 0. The second kappa shape index (κ2) is 3.96. The Morgan fingerprint density at radius 2 is 2.00 bits per heavy atom. The van der Waals surface area contributed by atoms with Crippen molar-refractivity contribution in [3.63, 3.8) is 0 Å². The van der Waals surface area contributed by atoms with Crippen LogP contribution in [0.1, 0.15) is 0 Å². The molecule has 0 spiro atoms. The molecular weight excluding hydrogens is 178 g/mol. The summed E-state index contributed by atoms with van der Waals surface area (Å²) in [7, 11) is -1.28. The highest BCUT2D eigenvalue weighted by Gasteiger charge is 2.05. The van der Waals surface area contributed by atoms with Crippen molar-refractivity contribution in [2.45, 2.75) is 4.17 Å². The highest BCUT2D eigenvalue weighted by Crippen LogP contribution is 2.07. The summed E-state index contributed by atoms with van der Waals surface area (Å²) in [5.41, 5.74) is 0. The molecule has 0 saturated carbocycles. The molecule has 0 radical (unpaired) electrons. The summed E-state index contributed by atoms with van der Waals surface area (Å²) in [5, 5.41) is -0.00231. The maximum Gasteiger partial charge on any atom is 0.183 e. The van der Waals surface area contributed by atoms with Crippen LogP contribution in [0.15, 0.2) is 0 Å². The maximum atomic E-state index is 10.2. The van der Waals surface area contributed by atoms with Crippen molar-refractivity contribution < 1.29 is 4.21 Å². The van der Waals surface area contributed by atoms with E-state index in [9.17, 15) is 4.21 Å². The highest BCUT2D eigenvalue weighted by molar-refractivity contribution is 7.89. The van der Waals surface area contributed by atoms with Gasteiger partial charge in [-0.05, 0) is 0 Å². The van der Waals surface area contributed by atoms with E-state index in [1.807, 2.05) is 0 Å². The Bertz CT molecular complexity index is 73.3. The van der Waals surface area contributed by atoms with Gasteiger partial charge in [0.15, 0.2) is 4.17 Å². The molecule has 0 aromatic rings. The first kappa shape index (κ1) is 8.02. The van der Waals surface area contributed by atoms with Crippen molar-refractivity contribution in [2.75, 3.05) is 5.21 Å². The van der Waals surface area contributed by atoms with E-state index in [4.69, 9.17) is 34.8 Å². The largest absolute Gasteiger partial charge is 0.256 e. The molecular formula is C2H3Cl3OS. The number of halogens is 3. The average Bonchev–Trinajstić information content (AvgIpc) is 1.65. The van der Waals surface area contributed by atoms with Crippen LogP contribution < -0.4 is 0 Å². The van der Waals surface area contributed by atoms with Gasteiger partial charge in [0.05, 0.1) is 10.8 Å². The van der Waals surface area contributed by atoms with Gasteiger partial charge in [-0.2, -0.15) is 0 Å². The zero-order valence-corrected chi connectivity index (χ0v) is 6.32. The molecule has 0 aromatic heterocycles. The predicted octanol–water partition coefficient (Wildman–Crippen LogP) is 1.69. The first-order valence-corrected chi connectivity index (χ1v) is 4.18. The fourth-order valence-corrected chi connectivity index (χ4v) is 1.29. The fraction of sp³-hybridized carbons (Fsp3) is 1.00. The van der Waals surface area contributed by atoms with Crippen LogP contribution in [0.5, 0.6) is 0 Å². The van der Waals surface area contributed by atoms with Crippen molar-refractivity contribution >= 4 is 45.6 Å². The molecule has 0 N–H and O–H groups in total. The van der Waals surface area contributed by atoms with Crippen molar-refractivity contribution in [1.82, 2.24) is 0 Å². The van der Waals surface area contributed by atoms with Crippen LogP contribution in [0.3, 0.4) is 0 Å². The van der Waals surface area contributed by atoms with Crippen LogP contribution in [0.2, 0.25) is 0 Å². The Kier molecular flexibility index (Phi) is 4.53. The lowest BCUT2D eigenvalue weighted by molar-refractivity contribution is 0.687. The molecule has 44 valence electrons. The Morgan fingerprint density at radius 3 is 2.00 bits per heavy atom. The standard InChI is InChI=1S/C2H3Cl3OS/c3-1-7(6)2(4)5/h2H,1H2. The monoisotopic (exact) mass is 180 g/mol. The summed E-state index contributed by atoms with van der Waals surface area (Å²) in [6.45, 7) is 0. The van der Waals surface area contributed by atoms with E-state index in [0.29, 0.717) is 0 Å². The smallest absolute Gasteiger partial charge is 0.183 e. The molecule has 0 saturated heterocycles. The van der Waals surface area contributed by atoms with Crippen LogP contribution >= 0.6 is 34.8 Å². The third kappa shape index (κ3) is 3.59. The number of hydrogen-bond donors (Lipinski definition) is 0. The summed E-state index contributed by atoms with van der Waals surface area (Å²) in [6.07, 6.45) is 0. The SMILES string of the molecule is O=S(CCl)C(Cl)Cl. The quantitative estimate of drug-likeness (QED) is 0.593. The van der Waals surface area contributed by atoms with E-state index in [0.717, 1.165) is 0 Å². The predicted molar refractivity (Wildman–Crippen MR) is 34.4 cm³/mol. The summed E-state index contributed by atoms with van der Waals surface area (Å²) >= 11 is 15.3. The average molecular weight is 181 g/mol. The van der Waals surface area contributed by atoms with Crippen LogP contribution in [0.25, 0.3) is 0 Å². The van der Waals surface area contributed by atoms with E-state index in [2.05, 4.69) is 0 Å². The zero-order chi connectivity index (χ0) is 5.86. The lowest BCUT2D eigenvalue weighted by Gasteiger charge is -1.91. The number of hydrogen-bond acceptors (Lipinski definition) is 1. The molecule has 0 rings (SSSR count). The molecule has 1 atom stereocenters. The first-order valence-electron chi connectivity index (χ1n) is 1.39. The number of rotatable bonds is 2. The van der Waals surface area contributed by atoms with Crippen LogP contribution in [-0.4, -0.2) is 13.6 Å². The minimum atomic E-state index is -1.28. The molecule has 0 aliphatic heterocycles. The van der Waals surface area contributed by atoms with Gasteiger partial charge in [0.25, 0.3) is 0 Å². The van der Waals surface area contributed by atoms with Crippen LogP contribution in [0.4, 0.5) is 0 Å². The summed E-state index contributed by atoms with van der Waals surface area (Å²) < 4.78 is 9.38. The topological polar surface area (TPSA) is 17.1 Å². The minimum absolute atomic E-state index is 0.00231. The van der Waals surface area contributed by atoms with Gasteiger partial charge in [0.2, 0.25) is 0 Å². The lowest BCUT2D eigenvalue weighted by atomic mass is 11.8. The molecule has 0 fully saturated rings. The second-order valence-electron chi connectivity index (χ2n) is 0.751. The van der Waals surface area contributed by atoms with Gasteiger partial charge in [-0.15, -0.1) is 11.6 Å². The van der Waals surface area contributed by atoms with E-state index in [1.165, 1.54) is 0 Å². The second-order valence-corrected chi connectivity index (χ2v) is 4.47. The zero-order valence-electron chi connectivity index (χ0n) is 3.23. The summed E-state index contributed by atoms with van der Waals surface area (Å²) in [6, 6.07) is 0. The van der Waals surface area contributed by atoms with Crippen molar-refractivity contribution in [2.24, 2.45) is 0 Å². The Labute approximate surface area is 59.4 Å². The van der Waals surface area contributed by atoms with E-state index >= 15 is 0 Å². The summed E-state index contributed by atoms with van der Waals surface area (Å²) in [5.74, 6) is 0. The number of alkyl halides is 3. The fourth-order valence-electron chi connectivity index (χ4n) is 0.0476. The van der Waals surface area contributed by atoms with Crippen molar-refractivity contribution in [3.8, 4) is 0 Å². The first-order chi connectivity index (χ1) is 3.18. The Morgan fingerprint density at radius 1 is 1.57 bits per heavy atom. The maximum absolute atomic E-state index is 10.2. The minimum Gasteiger partial charge on any atom is -0.256 e. The molecule has 0 bridgehead atoms. The molecule has 0 heterocycles. The van der Waals surface area contributed by atoms with Gasteiger partial charge in [-0.25, -0.2) is 0 Å². The molecule has 0 aliphatic carbocycles. The van der Waals surface area contributed by atoms with Gasteiger partial charge in [-0.1, -0.05) is 23.2 Å². The van der Waals surface area contributed by atoms with Gasteiger partial charge >= 0.3 is 0 Å². The third-order valence-corrected chi connectivity index (χ3v) is 2.76. The Hall–Kier alpha value is 1.02. The van der Waals surface area contributed by atoms with Crippen LogP contribution in [-0.2, 0) is 10.8 Å². The van der Waals surface area contributed by atoms with Gasteiger partial charge in [0.1, 0.15) is 5.21 Å². The molecule has 0 amide bonds. The van der Waals surface area contributed by atoms with Crippen LogP contribution in [0, 0.1) is 0 Å². The molecule has 5 heteroatoms. The molecule has 7 heavy (non-hydrogen) atoms. The van der Waals surface area contributed by atoms with E-state index in [-0.39, 0.29) is 5.21 Å². The van der Waals surface area contributed by atoms with Gasteiger partial charge in [0, 0.05) is 0 Å². The molecule has 1 unspecified atom stereocenters. The van der Waals surface area contributed by atoms with Crippen molar-refractivity contribution in [1.29, 1.82) is 0 Å². The molecule has 0 aromatic carbocycles. The van der Waals surface area contributed by atoms with Gasteiger partial charge < -0.3 is 0 Å². The Balaban J connectivity index is 3.35.